The number of benzene rings is 11. The highest BCUT2D eigenvalue weighted by molar-refractivity contribution is 6.29. The molecule has 11 aromatic carbocycles. The first-order valence-electron chi connectivity index (χ1n) is 24.5. The van der Waals surface area contributed by atoms with Crippen LogP contribution in [-0.2, 0) is 0 Å². The van der Waals surface area contributed by atoms with Crippen molar-refractivity contribution >= 4 is 121 Å². The van der Waals surface area contributed by atoms with Crippen molar-refractivity contribution < 1.29 is 8.83 Å². The highest BCUT2D eigenvalue weighted by Gasteiger charge is 2.28. The zero-order valence-corrected chi connectivity index (χ0v) is 39.9. The van der Waals surface area contributed by atoms with Gasteiger partial charge < -0.3 is 18.6 Å². The maximum atomic E-state index is 7.27. The fourth-order valence-electron chi connectivity index (χ4n) is 11.1. The van der Waals surface area contributed by atoms with E-state index in [2.05, 4.69) is 242 Å². The summed E-state index contributed by atoms with van der Waals surface area (Å²) in [7, 11) is 0. The van der Waals surface area contributed by atoms with E-state index in [1.54, 1.807) is 6.08 Å². The molecule has 0 aliphatic carbocycles. The zero-order valence-electron chi connectivity index (χ0n) is 39.9. The minimum atomic E-state index is 0.657. The summed E-state index contributed by atoms with van der Waals surface area (Å²) in [6, 6.07) is 73.8. The van der Waals surface area contributed by atoms with Gasteiger partial charge in [0, 0.05) is 49.4 Å². The van der Waals surface area contributed by atoms with Gasteiger partial charge in [-0.3, -0.25) is 0 Å². The number of nitrogens with zero attached hydrogens (tertiary/aromatic N) is 2. The van der Waals surface area contributed by atoms with Gasteiger partial charge in [0.15, 0.2) is 11.2 Å². The first-order valence-corrected chi connectivity index (χ1v) is 24.5. The molecule has 2 heterocycles. The van der Waals surface area contributed by atoms with Gasteiger partial charge in [-0.15, -0.1) is 0 Å². The molecular formula is C68H48N2O2. The fourth-order valence-corrected chi connectivity index (χ4v) is 11.1. The van der Waals surface area contributed by atoms with Gasteiger partial charge >= 0.3 is 0 Å². The van der Waals surface area contributed by atoms with Crippen LogP contribution < -0.4 is 9.80 Å². The van der Waals surface area contributed by atoms with Gasteiger partial charge in [-0.25, -0.2) is 0 Å². The molecule has 4 nitrogen and oxygen atoms in total. The van der Waals surface area contributed by atoms with Gasteiger partial charge in [0.05, 0.1) is 22.7 Å². The van der Waals surface area contributed by atoms with Crippen molar-refractivity contribution in [3.8, 4) is 11.1 Å². The second-order valence-electron chi connectivity index (χ2n) is 18.5. The number of allylic oxidation sites excluding steroid dienone is 5. The summed E-state index contributed by atoms with van der Waals surface area (Å²) in [6.45, 7) is 15.0. The lowest BCUT2D eigenvalue weighted by atomic mass is 9.91. The summed E-state index contributed by atoms with van der Waals surface area (Å²) in [4.78, 5) is 4.72. The normalized spacial score (nSPS) is 11.8. The summed E-state index contributed by atoms with van der Waals surface area (Å²) in [5.74, 6) is 0.725. The minimum Gasteiger partial charge on any atom is -0.454 e. The van der Waals surface area contributed by atoms with Crippen molar-refractivity contribution in [1.29, 1.82) is 0 Å². The van der Waals surface area contributed by atoms with Crippen LogP contribution in [0.4, 0.5) is 34.1 Å². The van der Waals surface area contributed by atoms with Crippen LogP contribution >= 0.6 is 0 Å². The summed E-state index contributed by atoms with van der Waals surface area (Å²) in [5.41, 5.74) is 13.2. The Morgan fingerprint density at radius 1 is 0.458 bits per heavy atom. The van der Waals surface area contributed by atoms with Crippen LogP contribution in [0.5, 0.6) is 0 Å². The van der Waals surface area contributed by atoms with E-state index in [4.69, 9.17) is 8.83 Å². The lowest BCUT2D eigenvalue weighted by Gasteiger charge is -2.29. The number of rotatable bonds is 12. The van der Waals surface area contributed by atoms with Gasteiger partial charge in [-0.1, -0.05) is 190 Å². The van der Waals surface area contributed by atoms with Gasteiger partial charge in [0.2, 0.25) is 0 Å². The second-order valence-corrected chi connectivity index (χ2v) is 18.5. The molecule has 0 N–H and O–H groups in total. The van der Waals surface area contributed by atoms with Crippen LogP contribution in [0.1, 0.15) is 24.7 Å². The van der Waals surface area contributed by atoms with E-state index >= 15 is 0 Å². The Kier molecular flexibility index (Phi) is 10.2. The molecule has 0 aliphatic rings. The quantitative estimate of drug-likeness (QED) is 0.0694. The highest BCUT2D eigenvalue weighted by atomic mass is 16.3. The molecule has 13 aromatic rings. The third-order valence-electron chi connectivity index (χ3n) is 14.3. The number of hydrogen-bond acceptors (Lipinski definition) is 4. The van der Waals surface area contributed by atoms with Crippen LogP contribution in [0.2, 0.25) is 0 Å². The SMILES string of the molecule is C=CC(=C)c1c(C(=C)CC=CC)oc2c(N(c3ccccc3)c3ccc4ccc5c(N(c6ccccc6)c6cccc7c6oc6c(-c8ccccc8)cc8ccccc8c67)ccc6ccc3c4c65)cccc12. The van der Waals surface area contributed by atoms with Crippen molar-refractivity contribution in [2.24, 2.45) is 0 Å². The summed E-state index contributed by atoms with van der Waals surface area (Å²) < 4.78 is 14.3. The molecule has 0 atom stereocenters. The topological polar surface area (TPSA) is 32.8 Å². The monoisotopic (exact) mass is 924 g/mol. The summed E-state index contributed by atoms with van der Waals surface area (Å²) in [6.07, 6.45) is 6.60. The number of fused-ring (bicyclic) bond motifs is 6. The van der Waals surface area contributed by atoms with Crippen LogP contribution in [-0.4, -0.2) is 0 Å². The molecule has 13 rings (SSSR count). The number of para-hydroxylation sites is 4. The Morgan fingerprint density at radius 3 is 1.58 bits per heavy atom. The molecule has 342 valence electrons. The first-order chi connectivity index (χ1) is 35.5. The molecule has 0 saturated heterocycles. The predicted molar refractivity (Wildman–Crippen MR) is 307 cm³/mol. The van der Waals surface area contributed by atoms with Crippen molar-refractivity contribution in [2.75, 3.05) is 9.80 Å². The van der Waals surface area contributed by atoms with Crippen molar-refractivity contribution in [3.05, 3.63) is 256 Å². The standard InChI is InChI=1S/C68H48N2O2/c1-5-7-21-44(4)65-61(43(3)6-2)54-30-19-32-59(66(54)71-65)69(49-25-13-9-14-26-49)57-40-36-46-35-39-53-58(41-37-47-34-38-52(57)62(46)63(47)53)70(50-27-15-10-16-28-50)60-33-20-31-55-64-51-29-18-17-24-48(51)42-56(68(64)72-67(55)60)45-22-11-8-12-23-45/h5-20,22-42H,2-4,21H2,1H3. The highest BCUT2D eigenvalue weighted by Crippen LogP contribution is 2.52. The van der Waals surface area contributed by atoms with Gasteiger partial charge in [-0.05, 0) is 117 Å². The Balaban J connectivity index is 1.06. The zero-order chi connectivity index (χ0) is 48.5. The molecule has 0 spiro atoms. The van der Waals surface area contributed by atoms with Crippen molar-refractivity contribution in [2.45, 2.75) is 13.3 Å². The third-order valence-corrected chi connectivity index (χ3v) is 14.3. The van der Waals surface area contributed by atoms with E-state index in [0.717, 1.165) is 122 Å². The second kappa shape index (κ2) is 17.2. The van der Waals surface area contributed by atoms with Crippen LogP contribution in [0.15, 0.2) is 253 Å². The molecular weight excluding hydrogens is 877 g/mol. The number of furan rings is 2. The average molecular weight is 925 g/mol. The van der Waals surface area contributed by atoms with Crippen LogP contribution in [0.3, 0.4) is 0 Å². The molecule has 0 fully saturated rings. The Labute approximate surface area is 417 Å². The van der Waals surface area contributed by atoms with Gasteiger partial charge in [0.25, 0.3) is 0 Å². The number of hydrogen-bond donors (Lipinski definition) is 0. The van der Waals surface area contributed by atoms with Crippen molar-refractivity contribution in [1.82, 2.24) is 0 Å². The summed E-state index contributed by atoms with van der Waals surface area (Å²) in [5, 5.41) is 12.4. The first kappa shape index (κ1) is 42.7. The largest absolute Gasteiger partial charge is 0.454 e. The molecule has 72 heavy (non-hydrogen) atoms. The lowest BCUT2D eigenvalue weighted by molar-refractivity contribution is 0.597. The van der Waals surface area contributed by atoms with E-state index in [1.807, 2.05) is 13.0 Å². The Morgan fingerprint density at radius 2 is 0.986 bits per heavy atom. The lowest BCUT2D eigenvalue weighted by Crippen LogP contribution is -2.11. The predicted octanol–water partition coefficient (Wildman–Crippen LogP) is 20.2. The summed E-state index contributed by atoms with van der Waals surface area (Å²) >= 11 is 0. The molecule has 0 aliphatic heterocycles. The molecule has 0 radical (unpaired) electrons. The molecule has 0 bridgehead atoms. The van der Waals surface area contributed by atoms with Crippen molar-refractivity contribution in [3.63, 3.8) is 0 Å². The van der Waals surface area contributed by atoms with Gasteiger partial charge in [-0.2, -0.15) is 0 Å². The number of anilines is 6. The molecule has 2 aromatic heterocycles. The maximum absolute atomic E-state index is 7.27. The van der Waals surface area contributed by atoms with E-state index < -0.39 is 0 Å². The molecule has 0 saturated carbocycles. The minimum absolute atomic E-state index is 0.657. The Hall–Kier alpha value is -9.38. The van der Waals surface area contributed by atoms with Crippen LogP contribution in [0, 0.1) is 0 Å². The average Bonchev–Trinajstić information content (AvgIpc) is 4.04. The molecule has 0 amide bonds. The van der Waals surface area contributed by atoms with Gasteiger partial charge in [0.1, 0.15) is 11.3 Å². The third kappa shape index (κ3) is 6.68. The molecule has 0 unspecified atom stereocenters. The van der Waals surface area contributed by atoms with E-state index in [1.165, 1.54) is 21.5 Å². The maximum Gasteiger partial charge on any atom is 0.159 e. The smallest absolute Gasteiger partial charge is 0.159 e. The van der Waals surface area contributed by atoms with E-state index in [0.29, 0.717) is 6.42 Å². The van der Waals surface area contributed by atoms with E-state index in [9.17, 15) is 0 Å². The fraction of sp³-hybridized carbons (Fsp3) is 0.0294. The molecule has 4 heteroatoms. The Bertz CT molecular complexity index is 4310. The van der Waals surface area contributed by atoms with Crippen LogP contribution in [0.25, 0.3) is 98.3 Å². The van der Waals surface area contributed by atoms with E-state index in [-0.39, 0.29) is 0 Å².